The van der Waals surface area contributed by atoms with Crippen molar-refractivity contribution in [1.82, 2.24) is 14.0 Å². The minimum Gasteiger partial charge on any atom is -0.423 e. The molecule has 0 bridgehead atoms. The van der Waals surface area contributed by atoms with Gasteiger partial charge in [0, 0.05) is 10.8 Å². The predicted octanol–water partition coefficient (Wildman–Crippen LogP) is 11.3. The molecule has 0 unspecified atom stereocenters. The Balaban J connectivity index is 1.12. The van der Waals surface area contributed by atoms with Crippen LogP contribution < -0.4 is 0 Å². The van der Waals surface area contributed by atoms with Gasteiger partial charge in [-0.2, -0.15) is 4.98 Å². The van der Waals surface area contributed by atoms with E-state index >= 15 is 0 Å². The van der Waals surface area contributed by atoms with Crippen LogP contribution in [-0.2, 0) is 0 Å². The molecule has 3 aromatic heterocycles. The largest absolute Gasteiger partial charge is 0.423 e. The van der Waals surface area contributed by atoms with Gasteiger partial charge in [-0.15, -0.1) is 0 Å². The van der Waals surface area contributed by atoms with Gasteiger partial charge >= 0.3 is 5.84 Å². The van der Waals surface area contributed by atoms with Crippen LogP contribution in [0.3, 0.4) is 0 Å². The molecule has 0 spiro atoms. The van der Waals surface area contributed by atoms with Gasteiger partial charge in [0.2, 0.25) is 0 Å². The maximum atomic E-state index is 6.37. The van der Waals surface area contributed by atoms with Gasteiger partial charge in [0.15, 0.2) is 5.58 Å². The SMILES string of the molecule is c1ccc(-c2cccc(-c3cccc(-c4ccc5oc6nc7c(-n8c9ccccc9c9ccccc98)cccc7n6c5c4)c3)c2)cc1. The Hall–Kier alpha value is -6.39. The van der Waals surface area contributed by atoms with Crippen LogP contribution in [-0.4, -0.2) is 14.0 Å². The number of benzene rings is 7. The van der Waals surface area contributed by atoms with Crippen LogP contribution in [0.15, 0.2) is 168 Å². The molecule has 0 saturated heterocycles. The van der Waals surface area contributed by atoms with Crippen molar-refractivity contribution in [2.75, 3.05) is 0 Å². The Morgan fingerprint density at radius 3 is 1.62 bits per heavy atom. The Bertz CT molecular complexity index is 2750. The second kappa shape index (κ2) is 10.1. The summed E-state index contributed by atoms with van der Waals surface area (Å²) in [6.07, 6.45) is 0. The van der Waals surface area contributed by atoms with Crippen LogP contribution >= 0.6 is 0 Å². The smallest absolute Gasteiger partial charge is 0.307 e. The summed E-state index contributed by atoms with van der Waals surface area (Å²) in [5.74, 6) is 0.590. The fraction of sp³-hybridized carbons (Fsp3) is 0. The van der Waals surface area contributed by atoms with Crippen LogP contribution in [0.2, 0.25) is 0 Å². The molecule has 0 radical (unpaired) electrons. The maximum absolute atomic E-state index is 6.37. The van der Waals surface area contributed by atoms with Crippen molar-refractivity contribution in [2.45, 2.75) is 0 Å². The van der Waals surface area contributed by atoms with Crippen molar-refractivity contribution in [3.8, 4) is 39.1 Å². The predicted molar refractivity (Wildman–Crippen MR) is 193 cm³/mol. The van der Waals surface area contributed by atoms with Crippen molar-refractivity contribution < 1.29 is 4.42 Å². The summed E-state index contributed by atoms with van der Waals surface area (Å²) in [7, 11) is 0. The number of hydrogen-bond acceptors (Lipinski definition) is 2. The number of hydrogen-bond donors (Lipinski definition) is 0. The second-order valence-electron chi connectivity index (χ2n) is 12.1. The van der Waals surface area contributed by atoms with Crippen LogP contribution in [0.5, 0.6) is 0 Å². The molecule has 0 saturated carbocycles. The van der Waals surface area contributed by atoms with E-state index in [4.69, 9.17) is 9.40 Å². The summed E-state index contributed by atoms with van der Waals surface area (Å²) in [6, 6.07) is 58.0. The first-order valence-corrected chi connectivity index (χ1v) is 15.9. The summed E-state index contributed by atoms with van der Waals surface area (Å²) >= 11 is 0. The van der Waals surface area contributed by atoms with Crippen molar-refractivity contribution in [2.24, 2.45) is 0 Å². The monoisotopic (exact) mass is 601 g/mol. The Labute approximate surface area is 270 Å². The summed E-state index contributed by atoms with van der Waals surface area (Å²) < 4.78 is 10.8. The molecular formula is C43H27N3O. The highest BCUT2D eigenvalue weighted by Crippen LogP contribution is 2.37. The normalized spacial score (nSPS) is 11.8. The topological polar surface area (TPSA) is 35.4 Å². The molecule has 220 valence electrons. The lowest BCUT2D eigenvalue weighted by atomic mass is 9.96. The van der Waals surface area contributed by atoms with Crippen LogP contribution in [0, 0.1) is 0 Å². The molecule has 0 N–H and O–H groups in total. The van der Waals surface area contributed by atoms with E-state index in [1.54, 1.807) is 0 Å². The number of imidazole rings is 1. The minimum absolute atomic E-state index is 0.590. The number of fused-ring (bicyclic) bond motifs is 8. The van der Waals surface area contributed by atoms with E-state index in [1.165, 1.54) is 33.0 Å². The molecule has 0 atom stereocenters. The molecule has 4 nitrogen and oxygen atoms in total. The molecule has 3 heterocycles. The fourth-order valence-corrected chi connectivity index (χ4v) is 7.17. The third kappa shape index (κ3) is 3.98. The third-order valence-electron chi connectivity index (χ3n) is 9.35. The van der Waals surface area contributed by atoms with Crippen LogP contribution in [0.25, 0.3) is 88.9 Å². The van der Waals surface area contributed by atoms with Gasteiger partial charge in [0.1, 0.15) is 5.52 Å². The molecule has 0 aliphatic carbocycles. The van der Waals surface area contributed by atoms with E-state index in [1.807, 2.05) is 0 Å². The summed E-state index contributed by atoms with van der Waals surface area (Å²) in [5, 5.41) is 2.46. The standard InChI is InChI=1S/C43H27N3O/c1-2-11-28(12-3-1)29-13-8-14-30(25-29)31-15-9-16-32(26-31)33-23-24-41-40(27-33)46-39-22-10-21-38(42(39)44-43(46)47-41)45-36-19-6-4-17-34(36)35-18-5-7-20-37(35)45/h1-27H. The summed E-state index contributed by atoms with van der Waals surface area (Å²) in [4.78, 5) is 5.09. The van der Waals surface area contributed by atoms with E-state index in [-0.39, 0.29) is 0 Å². The van der Waals surface area contributed by atoms with E-state index in [0.29, 0.717) is 5.84 Å². The van der Waals surface area contributed by atoms with Crippen molar-refractivity contribution in [3.63, 3.8) is 0 Å². The lowest BCUT2D eigenvalue weighted by Gasteiger charge is -2.09. The molecule has 7 aromatic carbocycles. The highest BCUT2D eigenvalue weighted by Gasteiger charge is 2.19. The molecule has 10 rings (SSSR count). The number of oxazole rings is 1. The minimum atomic E-state index is 0.590. The van der Waals surface area contributed by atoms with Crippen molar-refractivity contribution >= 4 is 49.8 Å². The number of para-hydroxylation sites is 3. The molecule has 0 fully saturated rings. The molecule has 10 aromatic rings. The Morgan fingerprint density at radius 2 is 0.936 bits per heavy atom. The number of aromatic nitrogens is 3. The molecular weight excluding hydrogens is 574 g/mol. The van der Waals surface area contributed by atoms with Gasteiger partial charge in [-0.05, 0) is 81.9 Å². The van der Waals surface area contributed by atoms with E-state index in [9.17, 15) is 0 Å². The highest BCUT2D eigenvalue weighted by molar-refractivity contribution is 6.10. The van der Waals surface area contributed by atoms with Crippen LogP contribution in [0.4, 0.5) is 0 Å². The van der Waals surface area contributed by atoms with Crippen molar-refractivity contribution in [3.05, 3.63) is 164 Å². The average molecular weight is 602 g/mol. The Morgan fingerprint density at radius 1 is 0.404 bits per heavy atom. The number of nitrogens with zero attached hydrogens (tertiary/aromatic N) is 3. The molecule has 0 amide bonds. The van der Waals surface area contributed by atoms with Gasteiger partial charge in [-0.25, -0.2) is 0 Å². The molecule has 0 aliphatic rings. The maximum Gasteiger partial charge on any atom is 0.307 e. The average Bonchev–Trinajstić information content (AvgIpc) is 3.80. The first kappa shape index (κ1) is 25.9. The zero-order chi connectivity index (χ0) is 30.9. The fourth-order valence-electron chi connectivity index (χ4n) is 7.17. The molecule has 4 heteroatoms. The Kier molecular flexibility index (Phi) is 5.54. The second-order valence-corrected chi connectivity index (χ2v) is 12.1. The van der Waals surface area contributed by atoms with E-state index < -0.39 is 0 Å². The van der Waals surface area contributed by atoms with Crippen molar-refractivity contribution in [1.29, 1.82) is 0 Å². The molecule has 47 heavy (non-hydrogen) atoms. The lowest BCUT2D eigenvalue weighted by Crippen LogP contribution is -1.95. The lowest BCUT2D eigenvalue weighted by molar-refractivity contribution is 0.643. The van der Waals surface area contributed by atoms with Gasteiger partial charge in [0.25, 0.3) is 0 Å². The first-order chi connectivity index (χ1) is 23.3. The number of rotatable bonds is 4. The molecule has 0 aliphatic heterocycles. The summed E-state index contributed by atoms with van der Waals surface area (Å²) in [6.45, 7) is 0. The first-order valence-electron chi connectivity index (χ1n) is 15.9. The highest BCUT2D eigenvalue weighted by atomic mass is 16.4. The van der Waals surface area contributed by atoms with E-state index in [2.05, 4.69) is 173 Å². The van der Waals surface area contributed by atoms with E-state index in [0.717, 1.165) is 50.0 Å². The van der Waals surface area contributed by atoms with Gasteiger partial charge in [-0.1, -0.05) is 115 Å². The van der Waals surface area contributed by atoms with Gasteiger partial charge in [-0.3, -0.25) is 4.40 Å². The van der Waals surface area contributed by atoms with Gasteiger partial charge in [0.05, 0.1) is 27.8 Å². The third-order valence-corrected chi connectivity index (χ3v) is 9.35. The van der Waals surface area contributed by atoms with Crippen LogP contribution in [0.1, 0.15) is 0 Å². The zero-order valence-electron chi connectivity index (χ0n) is 25.3. The van der Waals surface area contributed by atoms with Gasteiger partial charge < -0.3 is 8.98 Å². The quantitative estimate of drug-likeness (QED) is 0.201. The summed E-state index contributed by atoms with van der Waals surface area (Å²) in [5.41, 5.74) is 14.2. The zero-order valence-corrected chi connectivity index (χ0v) is 25.3.